The van der Waals surface area contributed by atoms with Crippen molar-refractivity contribution in [1.82, 2.24) is 10.3 Å². The number of nitrogens with zero attached hydrogens (tertiary/aromatic N) is 1. The quantitative estimate of drug-likeness (QED) is 0.797. The molecule has 0 fully saturated rings. The summed E-state index contributed by atoms with van der Waals surface area (Å²) in [6.45, 7) is 2.64. The van der Waals surface area contributed by atoms with Gasteiger partial charge in [0.2, 0.25) is 0 Å². The highest BCUT2D eigenvalue weighted by molar-refractivity contribution is 5.95. The SMILES string of the molecule is CC(CO)C(C)NC(=O)c1ncccc1OCC(F)F. The van der Waals surface area contributed by atoms with Crippen molar-refractivity contribution in [3.05, 3.63) is 24.0 Å². The average Bonchev–Trinajstić information content (AvgIpc) is 2.44. The summed E-state index contributed by atoms with van der Waals surface area (Å²) in [4.78, 5) is 15.9. The van der Waals surface area contributed by atoms with Crippen molar-refractivity contribution in [3.8, 4) is 5.75 Å². The van der Waals surface area contributed by atoms with Gasteiger partial charge in [0, 0.05) is 18.8 Å². The third-order valence-corrected chi connectivity index (χ3v) is 2.85. The maximum atomic E-state index is 12.1. The summed E-state index contributed by atoms with van der Waals surface area (Å²) in [5.41, 5.74) is -0.0508. The fraction of sp³-hybridized carbons (Fsp3) is 0.538. The lowest BCUT2D eigenvalue weighted by atomic mass is 10.1. The normalized spacial score (nSPS) is 13.9. The lowest BCUT2D eigenvalue weighted by Crippen LogP contribution is -2.38. The van der Waals surface area contributed by atoms with E-state index >= 15 is 0 Å². The number of pyridine rings is 1. The largest absolute Gasteiger partial charge is 0.485 e. The number of carbonyl (C=O) groups is 1. The van der Waals surface area contributed by atoms with Gasteiger partial charge in [-0.15, -0.1) is 0 Å². The first kappa shape index (κ1) is 16.3. The topological polar surface area (TPSA) is 71.5 Å². The van der Waals surface area contributed by atoms with E-state index in [9.17, 15) is 13.6 Å². The third kappa shape index (κ3) is 4.73. The second-order valence-electron chi connectivity index (χ2n) is 4.47. The standard InChI is InChI=1S/C13H18F2N2O3/c1-8(6-18)9(2)17-13(19)12-10(4-3-5-16-12)20-7-11(14)15/h3-5,8-9,11,18H,6-7H2,1-2H3,(H,17,19). The van der Waals surface area contributed by atoms with E-state index in [1.807, 2.05) is 0 Å². The van der Waals surface area contributed by atoms with Crippen LogP contribution in [0.3, 0.4) is 0 Å². The lowest BCUT2D eigenvalue weighted by molar-refractivity contribution is 0.0783. The van der Waals surface area contributed by atoms with E-state index in [0.717, 1.165) is 0 Å². The average molecular weight is 288 g/mol. The first-order chi connectivity index (χ1) is 9.45. The molecule has 20 heavy (non-hydrogen) atoms. The monoisotopic (exact) mass is 288 g/mol. The zero-order valence-electron chi connectivity index (χ0n) is 11.3. The number of halogens is 2. The van der Waals surface area contributed by atoms with Gasteiger partial charge in [-0.25, -0.2) is 13.8 Å². The molecule has 0 spiro atoms. The fourth-order valence-electron chi connectivity index (χ4n) is 1.41. The summed E-state index contributed by atoms with van der Waals surface area (Å²) in [7, 11) is 0. The molecule has 0 aliphatic rings. The summed E-state index contributed by atoms with van der Waals surface area (Å²) < 4.78 is 29.1. The van der Waals surface area contributed by atoms with E-state index in [0.29, 0.717) is 0 Å². The van der Waals surface area contributed by atoms with Crippen LogP contribution in [0.25, 0.3) is 0 Å². The summed E-state index contributed by atoms with van der Waals surface area (Å²) in [6, 6.07) is 2.62. The van der Waals surface area contributed by atoms with Crippen molar-refractivity contribution in [2.75, 3.05) is 13.2 Å². The molecule has 0 aromatic carbocycles. The highest BCUT2D eigenvalue weighted by atomic mass is 19.3. The van der Waals surface area contributed by atoms with Gasteiger partial charge in [-0.1, -0.05) is 6.92 Å². The summed E-state index contributed by atoms with van der Waals surface area (Å²) >= 11 is 0. The van der Waals surface area contributed by atoms with Crippen LogP contribution in [0.5, 0.6) is 5.75 Å². The second-order valence-corrected chi connectivity index (χ2v) is 4.47. The Kier molecular flexibility index (Phi) is 6.30. The van der Waals surface area contributed by atoms with Gasteiger partial charge in [0.05, 0.1) is 0 Å². The molecule has 1 aromatic heterocycles. The molecule has 112 valence electrons. The van der Waals surface area contributed by atoms with E-state index in [4.69, 9.17) is 9.84 Å². The summed E-state index contributed by atoms with van der Waals surface area (Å²) in [5, 5.41) is 11.7. The molecular weight excluding hydrogens is 270 g/mol. The Labute approximate surface area is 116 Å². The Hall–Kier alpha value is -1.76. The van der Waals surface area contributed by atoms with E-state index in [-0.39, 0.29) is 30.0 Å². The predicted octanol–water partition coefficient (Wildman–Crippen LogP) is 1.47. The van der Waals surface area contributed by atoms with Gasteiger partial charge in [-0.2, -0.15) is 0 Å². The Balaban J connectivity index is 2.77. The van der Waals surface area contributed by atoms with E-state index in [1.54, 1.807) is 13.8 Å². The van der Waals surface area contributed by atoms with Crippen molar-refractivity contribution >= 4 is 5.91 Å². The maximum Gasteiger partial charge on any atom is 0.273 e. The molecule has 5 nitrogen and oxygen atoms in total. The van der Waals surface area contributed by atoms with E-state index in [2.05, 4.69) is 10.3 Å². The smallest absolute Gasteiger partial charge is 0.273 e. The highest BCUT2D eigenvalue weighted by Crippen LogP contribution is 2.16. The molecule has 1 amide bonds. The summed E-state index contributed by atoms with van der Waals surface area (Å²) in [5.74, 6) is -0.648. The molecule has 2 atom stereocenters. The van der Waals surface area contributed by atoms with Crippen LogP contribution >= 0.6 is 0 Å². The van der Waals surface area contributed by atoms with Crippen molar-refractivity contribution in [3.63, 3.8) is 0 Å². The van der Waals surface area contributed by atoms with Gasteiger partial charge in [-0.05, 0) is 25.0 Å². The molecule has 1 rings (SSSR count). The molecule has 0 aliphatic heterocycles. The number of aliphatic hydroxyl groups excluding tert-OH is 1. The first-order valence-corrected chi connectivity index (χ1v) is 6.23. The van der Waals surface area contributed by atoms with Crippen LogP contribution in [0.15, 0.2) is 18.3 Å². The molecule has 0 saturated carbocycles. The van der Waals surface area contributed by atoms with Crippen LogP contribution in [0.4, 0.5) is 8.78 Å². The number of hydrogen-bond acceptors (Lipinski definition) is 4. The maximum absolute atomic E-state index is 12.1. The Morgan fingerprint density at radius 3 is 2.80 bits per heavy atom. The number of ether oxygens (including phenoxy) is 1. The van der Waals surface area contributed by atoms with Gasteiger partial charge < -0.3 is 15.2 Å². The first-order valence-electron chi connectivity index (χ1n) is 6.23. The summed E-state index contributed by atoms with van der Waals surface area (Å²) in [6.07, 6.45) is -1.25. The van der Waals surface area contributed by atoms with Crippen molar-refractivity contribution in [2.45, 2.75) is 26.3 Å². The van der Waals surface area contributed by atoms with Crippen LogP contribution < -0.4 is 10.1 Å². The number of hydrogen-bond donors (Lipinski definition) is 2. The Bertz CT molecular complexity index is 443. The number of amides is 1. The van der Waals surface area contributed by atoms with Crippen LogP contribution in [0.2, 0.25) is 0 Å². The van der Waals surface area contributed by atoms with Crippen LogP contribution in [0, 0.1) is 5.92 Å². The third-order valence-electron chi connectivity index (χ3n) is 2.85. The molecule has 2 N–H and O–H groups in total. The van der Waals surface area contributed by atoms with Gasteiger partial charge >= 0.3 is 0 Å². The molecule has 0 radical (unpaired) electrons. The molecule has 7 heteroatoms. The highest BCUT2D eigenvalue weighted by Gasteiger charge is 2.19. The van der Waals surface area contributed by atoms with E-state index < -0.39 is 18.9 Å². The zero-order valence-corrected chi connectivity index (χ0v) is 11.3. The number of aromatic nitrogens is 1. The number of nitrogens with one attached hydrogen (secondary N) is 1. The molecule has 0 bridgehead atoms. The van der Waals surface area contributed by atoms with Crippen LogP contribution in [0.1, 0.15) is 24.3 Å². The molecular formula is C13H18F2N2O3. The van der Waals surface area contributed by atoms with Crippen molar-refractivity contribution < 1.29 is 23.4 Å². The predicted molar refractivity (Wildman–Crippen MR) is 68.9 cm³/mol. The molecule has 0 aliphatic carbocycles. The fourth-order valence-corrected chi connectivity index (χ4v) is 1.41. The zero-order chi connectivity index (χ0) is 15.1. The number of rotatable bonds is 7. The number of aliphatic hydroxyl groups is 1. The number of alkyl halides is 2. The van der Waals surface area contributed by atoms with Gasteiger partial charge in [0.25, 0.3) is 12.3 Å². The van der Waals surface area contributed by atoms with Gasteiger partial charge in [0.15, 0.2) is 11.4 Å². The van der Waals surface area contributed by atoms with Crippen LogP contribution in [-0.4, -0.2) is 41.7 Å². The minimum Gasteiger partial charge on any atom is -0.485 e. The Morgan fingerprint density at radius 1 is 1.50 bits per heavy atom. The minimum absolute atomic E-state index is 0.00847. The molecule has 2 unspecified atom stereocenters. The van der Waals surface area contributed by atoms with Crippen molar-refractivity contribution in [1.29, 1.82) is 0 Å². The van der Waals surface area contributed by atoms with E-state index in [1.165, 1.54) is 18.3 Å². The van der Waals surface area contributed by atoms with Gasteiger partial charge in [-0.3, -0.25) is 4.79 Å². The lowest BCUT2D eigenvalue weighted by Gasteiger charge is -2.19. The van der Waals surface area contributed by atoms with Crippen LogP contribution in [-0.2, 0) is 0 Å². The number of carbonyl (C=O) groups excluding carboxylic acids is 1. The Morgan fingerprint density at radius 2 is 2.20 bits per heavy atom. The molecule has 1 heterocycles. The van der Waals surface area contributed by atoms with Crippen molar-refractivity contribution in [2.24, 2.45) is 5.92 Å². The second kappa shape index (κ2) is 7.74. The molecule has 1 aromatic rings. The minimum atomic E-state index is -2.63. The molecule has 0 saturated heterocycles. The van der Waals surface area contributed by atoms with Gasteiger partial charge in [0.1, 0.15) is 6.61 Å².